The maximum atomic E-state index is 12.4. The number of methoxy groups -OCH3 is 1. The smallest absolute Gasteiger partial charge is 0.308 e. The fourth-order valence-electron chi connectivity index (χ4n) is 4.30. The molecule has 0 aromatic heterocycles. The molecule has 146 valence electrons. The average molecular weight is 369 g/mol. The van der Waals surface area contributed by atoms with Gasteiger partial charge in [0.1, 0.15) is 0 Å². The summed E-state index contributed by atoms with van der Waals surface area (Å²) in [6.07, 6.45) is 19.4. The number of thioether (sulfide) groups is 1. The molecule has 3 atom stereocenters. The molecule has 3 unspecified atom stereocenters. The van der Waals surface area contributed by atoms with Gasteiger partial charge >= 0.3 is 5.97 Å². The normalized spacial score (nSPS) is 22.2. The minimum atomic E-state index is 0.0244. The van der Waals surface area contributed by atoms with Gasteiger partial charge in [-0.05, 0) is 55.1 Å². The van der Waals surface area contributed by atoms with Crippen LogP contribution >= 0.6 is 11.8 Å². The van der Waals surface area contributed by atoms with Crippen molar-refractivity contribution in [1.29, 1.82) is 0 Å². The first kappa shape index (κ1) is 22.6. The zero-order valence-corrected chi connectivity index (χ0v) is 17.8. The molecular weight excluding hydrogens is 328 g/mol. The van der Waals surface area contributed by atoms with E-state index in [0.29, 0.717) is 11.8 Å². The molecule has 0 aliphatic heterocycles. The molecule has 0 heterocycles. The maximum absolute atomic E-state index is 12.4. The zero-order valence-electron chi connectivity index (χ0n) is 17.0. The van der Waals surface area contributed by atoms with E-state index >= 15 is 0 Å². The Bertz CT molecular complexity index is 391. The molecular formula is C22H40O2S. The van der Waals surface area contributed by atoms with E-state index in [9.17, 15) is 4.79 Å². The summed E-state index contributed by atoms with van der Waals surface area (Å²) in [6.45, 7) is 4.48. The summed E-state index contributed by atoms with van der Waals surface area (Å²) < 4.78 is 5.18. The van der Waals surface area contributed by atoms with E-state index in [1.54, 1.807) is 7.11 Å². The molecule has 0 saturated heterocycles. The number of esters is 1. The van der Waals surface area contributed by atoms with Crippen LogP contribution in [-0.2, 0) is 9.53 Å². The summed E-state index contributed by atoms with van der Waals surface area (Å²) in [6, 6.07) is 0. The van der Waals surface area contributed by atoms with Crippen molar-refractivity contribution in [3.63, 3.8) is 0 Å². The first-order valence-electron chi connectivity index (χ1n) is 10.5. The van der Waals surface area contributed by atoms with Crippen molar-refractivity contribution >= 4 is 17.7 Å². The Hall–Kier alpha value is -0.440. The molecule has 0 radical (unpaired) electrons. The highest BCUT2D eigenvalue weighted by molar-refractivity contribution is 8.02. The van der Waals surface area contributed by atoms with Gasteiger partial charge in [-0.1, -0.05) is 64.9 Å². The molecule has 1 aliphatic carbocycles. The highest BCUT2D eigenvalue weighted by Crippen LogP contribution is 2.46. The molecule has 1 aliphatic rings. The van der Waals surface area contributed by atoms with Crippen molar-refractivity contribution in [2.75, 3.05) is 13.4 Å². The first-order valence-corrected chi connectivity index (χ1v) is 11.7. The van der Waals surface area contributed by atoms with Crippen LogP contribution in [0.15, 0.2) is 11.0 Å². The SMILES string of the molecule is CCCCCC/C=C(/SC)C1CCCC1C(CCCCC)C(=O)OC. The van der Waals surface area contributed by atoms with Gasteiger partial charge in [0, 0.05) is 0 Å². The Labute approximate surface area is 160 Å². The van der Waals surface area contributed by atoms with E-state index in [1.807, 2.05) is 11.8 Å². The number of ether oxygens (including phenoxy) is 1. The van der Waals surface area contributed by atoms with Crippen LogP contribution in [-0.4, -0.2) is 19.3 Å². The Morgan fingerprint density at radius 3 is 2.48 bits per heavy atom. The van der Waals surface area contributed by atoms with Crippen LogP contribution in [0.2, 0.25) is 0 Å². The summed E-state index contributed by atoms with van der Waals surface area (Å²) >= 11 is 1.91. The van der Waals surface area contributed by atoms with Gasteiger partial charge in [-0.3, -0.25) is 4.79 Å². The molecule has 0 aromatic carbocycles. The molecule has 2 nitrogen and oxygen atoms in total. The minimum absolute atomic E-state index is 0.0244. The quantitative estimate of drug-likeness (QED) is 0.259. The van der Waals surface area contributed by atoms with Crippen LogP contribution < -0.4 is 0 Å². The van der Waals surface area contributed by atoms with Gasteiger partial charge in [-0.15, -0.1) is 11.8 Å². The van der Waals surface area contributed by atoms with E-state index in [0.717, 1.165) is 12.8 Å². The Kier molecular flexibility index (Phi) is 12.4. The molecule has 0 spiro atoms. The molecule has 1 saturated carbocycles. The van der Waals surface area contributed by atoms with Crippen molar-refractivity contribution in [3.8, 4) is 0 Å². The molecule has 1 rings (SSSR count). The largest absolute Gasteiger partial charge is 0.469 e. The monoisotopic (exact) mass is 368 g/mol. The number of unbranched alkanes of at least 4 members (excludes halogenated alkanes) is 6. The topological polar surface area (TPSA) is 26.3 Å². The number of hydrogen-bond acceptors (Lipinski definition) is 3. The minimum Gasteiger partial charge on any atom is -0.469 e. The van der Waals surface area contributed by atoms with Gasteiger partial charge in [0.15, 0.2) is 0 Å². The van der Waals surface area contributed by atoms with E-state index in [-0.39, 0.29) is 11.9 Å². The van der Waals surface area contributed by atoms with Crippen LogP contribution in [0.1, 0.15) is 90.9 Å². The fraction of sp³-hybridized carbons (Fsp3) is 0.864. The lowest BCUT2D eigenvalue weighted by Crippen LogP contribution is -2.28. The van der Waals surface area contributed by atoms with Gasteiger partial charge in [0.2, 0.25) is 0 Å². The molecule has 1 fully saturated rings. The highest BCUT2D eigenvalue weighted by Gasteiger charge is 2.39. The Morgan fingerprint density at radius 1 is 1.12 bits per heavy atom. The third-order valence-corrected chi connectivity index (χ3v) is 6.65. The van der Waals surface area contributed by atoms with Crippen LogP contribution in [0, 0.1) is 17.8 Å². The molecule has 25 heavy (non-hydrogen) atoms. The predicted molar refractivity (Wildman–Crippen MR) is 111 cm³/mol. The maximum Gasteiger partial charge on any atom is 0.308 e. The third kappa shape index (κ3) is 7.76. The second kappa shape index (κ2) is 13.7. The Morgan fingerprint density at radius 2 is 1.84 bits per heavy atom. The summed E-state index contributed by atoms with van der Waals surface area (Å²) in [4.78, 5) is 14.0. The van der Waals surface area contributed by atoms with E-state index < -0.39 is 0 Å². The molecule has 0 aromatic rings. The molecule has 0 bridgehead atoms. The summed E-state index contributed by atoms with van der Waals surface area (Å²) in [5.74, 6) is 1.18. The number of carbonyl (C=O) groups excluding carboxylic acids is 1. The van der Waals surface area contributed by atoms with E-state index in [4.69, 9.17) is 4.74 Å². The standard InChI is InChI=1S/C22H40O2S/c1-5-7-9-10-12-17-21(25-4)19-16-13-15-18(19)20(22(23)24-3)14-11-8-6-2/h17-20H,5-16H2,1-4H3/b21-17+. The van der Waals surface area contributed by atoms with Crippen LogP contribution in [0.4, 0.5) is 0 Å². The van der Waals surface area contributed by atoms with Crippen LogP contribution in [0.3, 0.4) is 0 Å². The van der Waals surface area contributed by atoms with Gasteiger partial charge in [-0.25, -0.2) is 0 Å². The summed E-state index contributed by atoms with van der Waals surface area (Å²) in [5.41, 5.74) is 0. The Balaban J connectivity index is 2.73. The molecule has 0 amide bonds. The summed E-state index contributed by atoms with van der Waals surface area (Å²) in [5, 5.41) is 0. The number of allylic oxidation sites excluding steroid dienone is 2. The fourth-order valence-corrected chi connectivity index (χ4v) is 5.18. The second-order valence-corrected chi connectivity index (χ2v) is 8.37. The van der Waals surface area contributed by atoms with E-state index in [2.05, 4.69) is 26.2 Å². The highest BCUT2D eigenvalue weighted by atomic mass is 32.2. The summed E-state index contributed by atoms with van der Waals surface area (Å²) in [7, 11) is 1.55. The lowest BCUT2D eigenvalue weighted by Gasteiger charge is -2.28. The van der Waals surface area contributed by atoms with Crippen molar-refractivity contribution in [1.82, 2.24) is 0 Å². The van der Waals surface area contributed by atoms with Crippen molar-refractivity contribution < 1.29 is 9.53 Å². The number of carbonyl (C=O) groups is 1. The van der Waals surface area contributed by atoms with Gasteiger partial charge in [-0.2, -0.15) is 0 Å². The van der Waals surface area contributed by atoms with Gasteiger partial charge in [0.25, 0.3) is 0 Å². The van der Waals surface area contributed by atoms with E-state index in [1.165, 1.54) is 69.1 Å². The average Bonchev–Trinajstić information content (AvgIpc) is 3.10. The van der Waals surface area contributed by atoms with Crippen LogP contribution in [0.25, 0.3) is 0 Å². The van der Waals surface area contributed by atoms with Gasteiger partial charge in [0.05, 0.1) is 13.0 Å². The van der Waals surface area contributed by atoms with Crippen LogP contribution in [0.5, 0.6) is 0 Å². The second-order valence-electron chi connectivity index (χ2n) is 7.49. The predicted octanol–water partition coefficient (Wildman–Crippen LogP) is 6.99. The number of rotatable bonds is 13. The first-order chi connectivity index (χ1) is 12.2. The zero-order chi connectivity index (χ0) is 18.5. The molecule has 3 heteroatoms. The van der Waals surface area contributed by atoms with Crippen molar-refractivity contribution in [3.05, 3.63) is 11.0 Å². The molecule has 0 N–H and O–H groups in total. The third-order valence-electron chi connectivity index (χ3n) is 5.71. The lowest BCUT2D eigenvalue weighted by atomic mass is 9.80. The van der Waals surface area contributed by atoms with Gasteiger partial charge < -0.3 is 4.74 Å². The van der Waals surface area contributed by atoms with Crippen molar-refractivity contribution in [2.45, 2.75) is 90.9 Å². The van der Waals surface area contributed by atoms with Crippen molar-refractivity contribution in [2.24, 2.45) is 17.8 Å². The number of hydrogen-bond donors (Lipinski definition) is 0. The lowest BCUT2D eigenvalue weighted by molar-refractivity contribution is -0.148.